The highest BCUT2D eigenvalue weighted by atomic mass is 32.1. The Morgan fingerprint density at radius 2 is 1.26 bits per heavy atom. The number of nitrogens with zero attached hydrogens (tertiary/aromatic N) is 3. The molecule has 1 aliphatic rings. The third-order valence-corrected chi connectivity index (χ3v) is 10.2. The van der Waals surface area contributed by atoms with Crippen LogP contribution < -0.4 is 10.6 Å². The van der Waals surface area contributed by atoms with Crippen molar-refractivity contribution in [2.75, 3.05) is 0 Å². The van der Waals surface area contributed by atoms with Gasteiger partial charge in [0.2, 0.25) is 0 Å². The lowest BCUT2D eigenvalue weighted by molar-refractivity contribution is 0.316. The summed E-state index contributed by atoms with van der Waals surface area (Å²) in [6.45, 7) is 0. The summed E-state index contributed by atoms with van der Waals surface area (Å²) < 4.78 is 5.03. The van der Waals surface area contributed by atoms with Crippen LogP contribution in [0.4, 0.5) is 0 Å². The zero-order chi connectivity index (χ0) is 30.6. The van der Waals surface area contributed by atoms with Gasteiger partial charge in [-0.3, -0.25) is 0 Å². The van der Waals surface area contributed by atoms with E-state index in [1.165, 1.54) is 42.0 Å². The molecule has 2 aromatic heterocycles. The van der Waals surface area contributed by atoms with Crippen LogP contribution in [0.15, 0.2) is 140 Å². The lowest BCUT2D eigenvalue weighted by Gasteiger charge is -2.50. The van der Waals surface area contributed by atoms with Crippen molar-refractivity contribution in [3.8, 4) is 11.8 Å². The van der Waals surface area contributed by atoms with Gasteiger partial charge in [-0.15, -0.1) is 11.3 Å². The van der Waals surface area contributed by atoms with Gasteiger partial charge in [-0.1, -0.05) is 114 Å². The predicted molar refractivity (Wildman–Crippen MR) is 189 cm³/mol. The zero-order valence-corrected chi connectivity index (χ0v) is 25.6. The van der Waals surface area contributed by atoms with Crippen molar-refractivity contribution in [3.05, 3.63) is 167 Å². The highest BCUT2D eigenvalue weighted by molar-refractivity contribution is 7.25. The van der Waals surface area contributed by atoms with Gasteiger partial charge in [0.1, 0.15) is 0 Å². The Labute approximate surface area is 270 Å². The number of fused-ring (bicyclic) bond motifs is 6. The van der Waals surface area contributed by atoms with Gasteiger partial charge in [0, 0.05) is 36.6 Å². The van der Waals surface area contributed by atoms with Crippen molar-refractivity contribution in [1.29, 1.82) is 5.26 Å². The fourth-order valence-electron chi connectivity index (χ4n) is 6.84. The minimum Gasteiger partial charge on any atom is -0.624 e. The van der Waals surface area contributed by atoms with Gasteiger partial charge >= 0.3 is 0 Å². The summed E-state index contributed by atoms with van der Waals surface area (Å²) in [4.78, 5) is 0. The molecular formula is C40H28N5S-. The summed E-state index contributed by atoms with van der Waals surface area (Å²) >= 11 is 1.86. The lowest BCUT2D eigenvalue weighted by atomic mass is 10.0. The number of aromatic nitrogens is 1. The summed E-state index contributed by atoms with van der Waals surface area (Å²) in [5.41, 5.74) is 7.40. The van der Waals surface area contributed by atoms with Crippen LogP contribution in [0.3, 0.4) is 0 Å². The Kier molecular flexibility index (Phi) is 6.44. The number of benzene rings is 6. The second kappa shape index (κ2) is 11.0. The molecule has 5 nitrogen and oxygen atoms in total. The molecule has 1 fully saturated rings. The fraction of sp³-hybridized carbons (Fsp3) is 0.0750. The van der Waals surface area contributed by atoms with Crippen LogP contribution in [0.1, 0.15) is 40.8 Å². The standard InChI is InChI=1S/C40H28N5S/c41-24-25-17-19-27(20-18-25)39-42-38(26-9-2-1-3-10-26)43-40(44-39)28-11-8-12-29(21-28)45-34-15-6-4-13-30(34)32-23-37-33(22-35(32)45)31-14-5-7-16-36(31)46-37/h1-23,38-40,43-44H/q-1. The monoisotopic (exact) mass is 610 g/mol. The molecule has 9 rings (SSSR count). The van der Waals surface area contributed by atoms with Gasteiger partial charge in [-0.05, 0) is 54.1 Å². The van der Waals surface area contributed by atoms with E-state index in [-0.39, 0.29) is 18.5 Å². The third kappa shape index (κ3) is 4.49. The zero-order valence-electron chi connectivity index (χ0n) is 24.8. The van der Waals surface area contributed by atoms with E-state index in [9.17, 15) is 5.26 Å². The molecule has 6 aromatic carbocycles. The van der Waals surface area contributed by atoms with E-state index < -0.39 is 0 Å². The number of nitrogens with one attached hydrogen (secondary N) is 2. The van der Waals surface area contributed by atoms with Crippen molar-refractivity contribution < 1.29 is 0 Å². The van der Waals surface area contributed by atoms with Crippen LogP contribution in [-0.2, 0) is 0 Å². The summed E-state index contributed by atoms with van der Waals surface area (Å²) in [6.07, 6.45) is -0.615. The van der Waals surface area contributed by atoms with Crippen LogP contribution in [0.5, 0.6) is 0 Å². The molecule has 0 bridgehead atoms. The molecule has 0 spiro atoms. The van der Waals surface area contributed by atoms with Gasteiger partial charge in [0.15, 0.2) is 0 Å². The Morgan fingerprint density at radius 1 is 0.565 bits per heavy atom. The second-order valence-corrected chi connectivity index (χ2v) is 12.9. The summed E-state index contributed by atoms with van der Waals surface area (Å²) in [7, 11) is 0. The molecule has 3 unspecified atom stereocenters. The number of rotatable bonds is 4. The van der Waals surface area contributed by atoms with E-state index in [0.29, 0.717) is 5.56 Å². The van der Waals surface area contributed by atoms with Gasteiger partial charge in [0.05, 0.1) is 28.8 Å². The molecule has 1 aliphatic heterocycles. The summed E-state index contributed by atoms with van der Waals surface area (Å²) in [5, 5.41) is 27.1. The molecule has 220 valence electrons. The molecule has 8 aromatic rings. The molecule has 6 heteroatoms. The maximum atomic E-state index is 9.34. The van der Waals surface area contributed by atoms with Gasteiger partial charge in [-0.25, -0.2) is 0 Å². The molecule has 0 aliphatic carbocycles. The molecular weight excluding hydrogens is 583 g/mol. The molecule has 2 N–H and O–H groups in total. The third-order valence-electron chi connectivity index (χ3n) is 9.05. The van der Waals surface area contributed by atoms with Crippen molar-refractivity contribution in [2.45, 2.75) is 18.5 Å². The van der Waals surface area contributed by atoms with E-state index in [2.05, 4.69) is 130 Å². The van der Waals surface area contributed by atoms with Crippen LogP contribution in [0, 0.1) is 11.3 Å². The second-order valence-electron chi connectivity index (χ2n) is 11.8. The van der Waals surface area contributed by atoms with Crippen molar-refractivity contribution in [1.82, 2.24) is 15.2 Å². The largest absolute Gasteiger partial charge is 0.624 e. The smallest absolute Gasteiger partial charge is 0.0991 e. The average Bonchev–Trinajstić information content (AvgIpc) is 3.65. The van der Waals surface area contributed by atoms with Crippen molar-refractivity contribution in [3.63, 3.8) is 0 Å². The Balaban J connectivity index is 1.17. The number of para-hydroxylation sites is 1. The highest BCUT2D eigenvalue weighted by Crippen LogP contribution is 2.41. The Morgan fingerprint density at radius 3 is 2.07 bits per heavy atom. The molecule has 3 atom stereocenters. The van der Waals surface area contributed by atoms with E-state index in [1.807, 2.05) is 41.7 Å². The lowest BCUT2D eigenvalue weighted by Crippen LogP contribution is -2.44. The van der Waals surface area contributed by atoms with Crippen molar-refractivity contribution in [2.24, 2.45) is 0 Å². The predicted octanol–water partition coefficient (Wildman–Crippen LogP) is 9.99. The minimum atomic E-state index is -0.249. The Bertz CT molecular complexity index is 2440. The average molecular weight is 611 g/mol. The molecule has 0 radical (unpaired) electrons. The van der Waals surface area contributed by atoms with E-state index in [4.69, 9.17) is 5.32 Å². The molecule has 1 saturated heterocycles. The van der Waals surface area contributed by atoms with Gasteiger partial charge < -0.3 is 20.5 Å². The highest BCUT2D eigenvalue weighted by Gasteiger charge is 2.23. The topological polar surface area (TPSA) is 66.9 Å². The number of hydrogen-bond acceptors (Lipinski definition) is 4. The number of thiophene rings is 1. The maximum absolute atomic E-state index is 9.34. The summed E-state index contributed by atoms with van der Waals surface area (Å²) in [5.74, 6) is 0. The van der Waals surface area contributed by atoms with Crippen molar-refractivity contribution >= 4 is 53.3 Å². The number of nitriles is 1. The first-order valence-electron chi connectivity index (χ1n) is 15.5. The maximum Gasteiger partial charge on any atom is 0.0991 e. The van der Waals surface area contributed by atoms with E-state index in [0.717, 1.165) is 22.4 Å². The van der Waals surface area contributed by atoms with Crippen LogP contribution in [-0.4, -0.2) is 4.57 Å². The fourth-order valence-corrected chi connectivity index (χ4v) is 7.97. The van der Waals surface area contributed by atoms with E-state index in [1.54, 1.807) is 0 Å². The quantitative estimate of drug-likeness (QED) is 0.208. The molecule has 0 amide bonds. The van der Waals surface area contributed by atoms with Gasteiger partial charge in [0.25, 0.3) is 0 Å². The number of hydrogen-bond donors (Lipinski definition) is 2. The molecule has 3 heterocycles. The van der Waals surface area contributed by atoms with Crippen LogP contribution in [0.2, 0.25) is 0 Å². The first kappa shape index (κ1) is 27.1. The van der Waals surface area contributed by atoms with Crippen LogP contribution >= 0.6 is 11.3 Å². The Hall–Kier alpha value is -5.29. The van der Waals surface area contributed by atoms with E-state index >= 15 is 0 Å². The van der Waals surface area contributed by atoms with Gasteiger partial charge in [-0.2, -0.15) is 5.26 Å². The molecule has 0 saturated carbocycles. The first-order valence-corrected chi connectivity index (χ1v) is 16.3. The normalized spacial score (nSPS) is 18.4. The molecule has 46 heavy (non-hydrogen) atoms. The SMILES string of the molecule is N#Cc1ccc(C2[N-]C(c3ccccc3)NC(c3cccc(-n4c5ccccc5c5cc6sc7ccccc7c6cc54)c3)N2)cc1. The van der Waals surface area contributed by atoms with Crippen LogP contribution in [0.25, 0.3) is 53.0 Å². The summed E-state index contributed by atoms with van der Waals surface area (Å²) in [6, 6.07) is 51.2. The minimum absolute atomic E-state index is 0.163. The first-order chi connectivity index (χ1) is 22.7.